The van der Waals surface area contributed by atoms with Crippen LogP contribution < -0.4 is 5.32 Å². The Morgan fingerprint density at radius 3 is 2.61 bits per heavy atom. The molecule has 0 amide bonds. The number of hydrogen-bond donors (Lipinski definition) is 1. The number of hydrogen-bond acceptors (Lipinski definition) is 3. The lowest BCUT2D eigenvalue weighted by atomic mass is 9.96. The van der Waals surface area contributed by atoms with Gasteiger partial charge in [-0.15, -0.1) is 0 Å². The molecule has 3 heteroatoms. The van der Waals surface area contributed by atoms with Gasteiger partial charge in [-0.05, 0) is 45.6 Å². The van der Waals surface area contributed by atoms with E-state index < -0.39 is 0 Å². The summed E-state index contributed by atoms with van der Waals surface area (Å²) in [7, 11) is 0. The zero-order chi connectivity index (χ0) is 13.3. The molecule has 1 rings (SSSR count). The molecule has 1 unspecified atom stereocenters. The van der Waals surface area contributed by atoms with E-state index in [0.29, 0.717) is 6.10 Å². The summed E-state index contributed by atoms with van der Waals surface area (Å²) in [5, 5.41) is 12.4. The molecule has 1 aliphatic rings. The molecule has 1 aliphatic carbocycles. The first-order valence-corrected chi connectivity index (χ1v) is 7.48. The molecule has 0 bridgehead atoms. The summed E-state index contributed by atoms with van der Waals surface area (Å²) in [5.74, 6) is 0. The maximum absolute atomic E-state index is 9.13. The molecule has 0 aliphatic heterocycles. The van der Waals surface area contributed by atoms with E-state index in [-0.39, 0.29) is 5.54 Å². The Balaban J connectivity index is 2.05. The normalized spacial score (nSPS) is 20.3. The molecule has 0 aromatic heterocycles. The van der Waals surface area contributed by atoms with E-state index in [0.717, 1.165) is 32.4 Å². The van der Waals surface area contributed by atoms with Gasteiger partial charge < -0.3 is 4.74 Å². The van der Waals surface area contributed by atoms with Crippen LogP contribution in [-0.4, -0.2) is 24.8 Å². The predicted molar refractivity (Wildman–Crippen MR) is 74.4 cm³/mol. The van der Waals surface area contributed by atoms with Gasteiger partial charge in [-0.2, -0.15) is 5.26 Å². The molecule has 18 heavy (non-hydrogen) atoms. The number of rotatable bonds is 8. The molecule has 0 heterocycles. The van der Waals surface area contributed by atoms with Gasteiger partial charge in [0.2, 0.25) is 0 Å². The van der Waals surface area contributed by atoms with E-state index in [9.17, 15) is 0 Å². The minimum Gasteiger partial charge on any atom is -0.378 e. The van der Waals surface area contributed by atoms with Gasteiger partial charge in [-0.1, -0.05) is 26.2 Å². The average Bonchev–Trinajstić information content (AvgIpc) is 2.40. The van der Waals surface area contributed by atoms with Gasteiger partial charge in [0.25, 0.3) is 0 Å². The molecule has 0 radical (unpaired) electrons. The van der Waals surface area contributed by atoms with E-state index in [2.05, 4.69) is 11.4 Å². The average molecular weight is 252 g/mol. The van der Waals surface area contributed by atoms with Gasteiger partial charge in [0.1, 0.15) is 5.54 Å². The number of ether oxygens (including phenoxy) is 1. The van der Waals surface area contributed by atoms with Crippen molar-refractivity contribution in [2.24, 2.45) is 0 Å². The van der Waals surface area contributed by atoms with Crippen molar-refractivity contribution < 1.29 is 4.74 Å². The van der Waals surface area contributed by atoms with Crippen molar-refractivity contribution >= 4 is 0 Å². The smallest absolute Gasteiger partial charge is 0.103 e. The lowest BCUT2D eigenvalue weighted by molar-refractivity contribution is 0.0259. The first-order chi connectivity index (χ1) is 8.70. The first-order valence-electron chi connectivity index (χ1n) is 7.48. The molecule has 1 atom stereocenters. The number of unbranched alkanes of at least 4 members (excludes halogenated alkanes) is 1. The van der Waals surface area contributed by atoms with Gasteiger partial charge in [-0.25, -0.2) is 0 Å². The highest BCUT2D eigenvalue weighted by Gasteiger charge is 2.21. The lowest BCUT2D eigenvalue weighted by Crippen LogP contribution is -2.40. The second-order valence-electron chi connectivity index (χ2n) is 5.56. The quantitative estimate of drug-likeness (QED) is 0.673. The highest BCUT2D eigenvalue weighted by atomic mass is 16.5. The van der Waals surface area contributed by atoms with E-state index in [4.69, 9.17) is 10.00 Å². The molecule has 3 nitrogen and oxygen atoms in total. The van der Waals surface area contributed by atoms with Crippen LogP contribution in [0.3, 0.4) is 0 Å². The second kappa shape index (κ2) is 8.50. The van der Waals surface area contributed by atoms with Crippen LogP contribution in [0.25, 0.3) is 0 Å². The lowest BCUT2D eigenvalue weighted by Gasteiger charge is -2.24. The van der Waals surface area contributed by atoms with Crippen LogP contribution in [0.5, 0.6) is 0 Å². The molecular weight excluding hydrogens is 224 g/mol. The summed E-state index contributed by atoms with van der Waals surface area (Å²) in [5.41, 5.74) is -0.362. The number of nitrogens with one attached hydrogen (secondary N) is 1. The van der Waals surface area contributed by atoms with E-state index in [1.807, 2.05) is 13.8 Å². The molecule has 0 aromatic rings. The first kappa shape index (κ1) is 15.5. The van der Waals surface area contributed by atoms with Crippen molar-refractivity contribution in [3.8, 4) is 6.07 Å². The van der Waals surface area contributed by atoms with Gasteiger partial charge in [0.15, 0.2) is 0 Å². The Morgan fingerprint density at radius 1 is 1.28 bits per heavy atom. The van der Waals surface area contributed by atoms with Crippen LogP contribution in [0.1, 0.15) is 65.2 Å². The van der Waals surface area contributed by atoms with E-state index in [1.54, 1.807) is 0 Å². The maximum Gasteiger partial charge on any atom is 0.103 e. The highest BCUT2D eigenvalue weighted by molar-refractivity contribution is 5.03. The molecule has 0 spiro atoms. The van der Waals surface area contributed by atoms with Crippen LogP contribution in [0, 0.1) is 11.3 Å². The van der Waals surface area contributed by atoms with Gasteiger partial charge >= 0.3 is 0 Å². The fourth-order valence-electron chi connectivity index (χ4n) is 2.64. The van der Waals surface area contributed by atoms with Gasteiger partial charge in [0, 0.05) is 6.61 Å². The van der Waals surface area contributed by atoms with Gasteiger partial charge in [-0.3, -0.25) is 5.32 Å². The monoisotopic (exact) mass is 252 g/mol. The SMILES string of the molecule is CCNC(C)(C#N)CCCCOC1CCCCC1. The van der Waals surface area contributed by atoms with E-state index in [1.165, 1.54) is 32.1 Å². The Kier molecular flexibility index (Phi) is 7.31. The minimum atomic E-state index is -0.362. The third-order valence-electron chi connectivity index (χ3n) is 3.79. The number of nitrogens with zero attached hydrogens (tertiary/aromatic N) is 1. The Hall–Kier alpha value is -0.590. The zero-order valence-electron chi connectivity index (χ0n) is 12.0. The molecular formula is C15H28N2O. The van der Waals surface area contributed by atoms with Crippen molar-refractivity contribution in [2.45, 2.75) is 76.9 Å². The van der Waals surface area contributed by atoms with Crippen LogP contribution in [-0.2, 0) is 4.74 Å². The molecule has 1 saturated carbocycles. The van der Waals surface area contributed by atoms with Crippen molar-refractivity contribution in [2.75, 3.05) is 13.2 Å². The fraction of sp³-hybridized carbons (Fsp3) is 0.933. The summed E-state index contributed by atoms with van der Waals surface area (Å²) in [6.45, 7) is 5.74. The van der Waals surface area contributed by atoms with Crippen LogP contribution in [0.4, 0.5) is 0 Å². The summed E-state index contributed by atoms with van der Waals surface area (Å²) in [6, 6.07) is 2.37. The van der Waals surface area contributed by atoms with Crippen molar-refractivity contribution in [1.82, 2.24) is 5.32 Å². The molecule has 104 valence electrons. The summed E-state index contributed by atoms with van der Waals surface area (Å²) in [4.78, 5) is 0. The third-order valence-corrected chi connectivity index (χ3v) is 3.79. The highest BCUT2D eigenvalue weighted by Crippen LogP contribution is 2.21. The third kappa shape index (κ3) is 5.84. The van der Waals surface area contributed by atoms with Crippen molar-refractivity contribution in [3.63, 3.8) is 0 Å². The molecule has 0 aromatic carbocycles. The van der Waals surface area contributed by atoms with Crippen molar-refractivity contribution in [3.05, 3.63) is 0 Å². The van der Waals surface area contributed by atoms with Crippen LogP contribution >= 0.6 is 0 Å². The molecule has 1 N–H and O–H groups in total. The Labute approximate surface area is 112 Å². The molecule has 1 fully saturated rings. The summed E-state index contributed by atoms with van der Waals surface area (Å²) < 4.78 is 5.89. The largest absolute Gasteiger partial charge is 0.378 e. The second-order valence-corrected chi connectivity index (χ2v) is 5.56. The standard InChI is InChI=1S/C15H28N2O/c1-3-17-15(2,13-16)11-7-8-12-18-14-9-5-4-6-10-14/h14,17H,3-12H2,1-2H3. The van der Waals surface area contributed by atoms with Crippen molar-refractivity contribution in [1.29, 1.82) is 5.26 Å². The molecule has 0 saturated heterocycles. The van der Waals surface area contributed by atoms with E-state index >= 15 is 0 Å². The van der Waals surface area contributed by atoms with Crippen LogP contribution in [0.15, 0.2) is 0 Å². The summed E-state index contributed by atoms with van der Waals surface area (Å²) >= 11 is 0. The topological polar surface area (TPSA) is 45.0 Å². The Bertz CT molecular complexity index is 256. The predicted octanol–water partition coefficient (Wildman–Crippen LogP) is 3.40. The zero-order valence-corrected chi connectivity index (χ0v) is 12.0. The van der Waals surface area contributed by atoms with Gasteiger partial charge in [0.05, 0.1) is 12.2 Å². The Morgan fingerprint density at radius 2 is 2.00 bits per heavy atom. The van der Waals surface area contributed by atoms with Crippen LogP contribution in [0.2, 0.25) is 0 Å². The minimum absolute atomic E-state index is 0.362. The summed E-state index contributed by atoms with van der Waals surface area (Å²) in [6.07, 6.45) is 10.1. The maximum atomic E-state index is 9.13. The number of nitriles is 1. The fourth-order valence-corrected chi connectivity index (χ4v) is 2.64.